The predicted octanol–water partition coefficient (Wildman–Crippen LogP) is 5.09. The van der Waals surface area contributed by atoms with Gasteiger partial charge < -0.3 is 14.2 Å². The Labute approximate surface area is 185 Å². The van der Waals surface area contributed by atoms with Crippen molar-refractivity contribution in [2.24, 2.45) is 5.10 Å². The normalized spacial score (nSPS) is 11.4. The minimum absolute atomic E-state index is 0.0741. The Balaban J connectivity index is 1.91. The van der Waals surface area contributed by atoms with Crippen molar-refractivity contribution in [3.63, 3.8) is 0 Å². The van der Waals surface area contributed by atoms with E-state index in [0.717, 1.165) is 24.2 Å². The van der Waals surface area contributed by atoms with Gasteiger partial charge in [0, 0.05) is 11.6 Å². The van der Waals surface area contributed by atoms with Gasteiger partial charge in [-0.2, -0.15) is 5.10 Å². The number of nitrogens with zero attached hydrogens (tertiary/aromatic N) is 1. The first kappa shape index (κ1) is 24.3. The zero-order valence-corrected chi connectivity index (χ0v) is 19.2. The fraction of sp³-hybridized carbons (Fsp3) is 0.440. The van der Waals surface area contributed by atoms with Crippen molar-refractivity contribution < 1.29 is 19.0 Å². The van der Waals surface area contributed by atoms with Crippen LogP contribution in [0.3, 0.4) is 0 Å². The third-order valence-corrected chi connectivity index (χ3v) is 4.40. The van der Waals surface area contributed by atoms with Crippen LogP contribution in [0.5, 0.6) is 17.2 Å². The number of ether oxygens (including phenoxy) is 3. The summed E-state index contributed by atoms with van der Waals surface area (Å²) >= 11 is 0. The van der Waals surface area contributed by atoms with E-state index < -0.39 is 0 Å². The van der Waals surface area contributed by atoms with E-state index in [1.54, 1.807) is 6.21 Å². The SMILES string of the molecule is CCCOc1ccc(/C=N\NC(=O)COc2ccc(C(C)(C)C)cc2)c(OCCC)c1. The van der Waals surface area contributed by atoms with Crippen molar-refractivity contribution >= 4 is 12.1 Å². The first-order chi connectivity index (χ1) is 14.8. The molecule has 2 aromatic carbocycles. The Hall–Kier alpha value is -3.02. The van der Waals surface area contributed by atoms with Crippen molar-refractivity contribution in [2.45, 2.75) is 52.9 Å². The van der Waals surface area contributed by atoms with Gasteiger partial charge in [-0.05, 0) is 48.1 Å². The van der Waals surface area contributed by atoms with E-state index >= 15 is 0 Å². The molecular formula is C25H34N2O4. The van der Waals surface area contributed by atoms with E-state index in [9.17, 15) is 4.79 Å². The minimum Gasteiger partial charge on any atom is -0.493 e. The lowest BCUT2D eigenvalue weighted by molar-refractivity contribution is -0.123. The molecule has 0 saturated carbocycles. The molecule has 0 aromatic heterocycles. The fourth-order valence-corrected chi connectivity index (χ4v) is 2.67. The summed E-state index contributed by atoms with van der Waals surface area (Å²) in [6.45, 7) is 11.7. The molecule has 0 fully saturated rings. The molecule has 31 heavy (non-hydrogen) atoms. The number of carbonyl (C=O) groups is 1. The van der Waals surface area contributed by atoms with E-state index in [1.807, 2.05) is 49.4 Å². The van der Waals surface area contributed by atoms with Gasteiger partial charge in [-0.15, -0.1) is 0 Å². The molecule has 168 valence electrons. The Morgan fingerprint density at radius 1 is 0.935 bits per heavy atom. The number of hydrogen-bond donors (Lipinski definition) is 1. The quantitative estimate of drug-likeness (QED) is 0.401. The van der Waals surface area contributed by atoms with Crippen molar-refractivity contribution in [2.75, 3.05) is 19.8 Å². The summed E-state index contributed by atoms with van der Waals surface area (Å²) in [5.74, 6) is 1.73. The first-order valence-electron chi connectivity index (χ1n) is 10.8. The maximum Gasteiger partial charge on any atom is 0.277 e. The number of amides is 1. The molecule has 0 saturated heterocycles. The zero-order valence-electron chi connectivity index (χ0n) is 19.2. The molecule has 1 N–H and O–H groups in total. The number of hydrogen-bond acceptors (Lipinski definition) is 5. The van der Waals surface area contributed by atoms with Crippen molar-refractivity contribution in [1.82, 2.24) is 5.43 Å². The van der Waals surface area contributed by atoms with Gasteiger partial charge >= 0.3 is 0 Å². The van der Waals surface area contributed by atoms with Crippen LogP contribution in [0.4, 0.5) is 0 Å². The van der Waals surface area contributed by atoms with Gasteiger partial charge in [0.15, 0.2) is 6.61 Å². The van der Waals surface area contributed by atoms with E-state index in [0.29, 0.717) is 24.7 Å². The van der Waals surface area contributed by atoms with Gasteiger partial charge in [-0.3, -0.25) is 4.79 Å². The van der Waals surface area contributed by atoms with Gasteiger partial charge in [-0.1, -0.05) is 46.8 Å². The summed E-state index contributed by atoms with van der Waals surface area (Å²) in [5, 5.41) is 4.04. The maximum atomic E-state index is 12.1. The molecule has 1 amide bonds. The van der Waals surface area contributed by atoms with Crippen LogP contribution < -0.4 is 19.6 Å². The average molecular weight is 427 g/mol. The summed E-state index contributed by atoms with van der Waals surface area (Å²) in [5.41, 5.74) is 4.53. The largest absolute Gasteiger partial charge is 0.493 e. The van der Waals surface area contributed by atoms with E-state index in [-0.39, 0.29) is 17.9 Å². The molecule has 2 rings (SSSR count). The second-order valence-electron chi connectivity index (χ2n) is 8.25. The van der Waals surface area contributed by atoms with E-state index in [4.69, 9.17) is 14.2 Å². The molecule has 0 radical (unpaired) electrons. The number of benzene rings is 2. The van der Waals surface area contributed by atoms with Crippen LogP contribution >= 0.6 is 0 Å². The molecule has 0 atom stereocenters. The molecule has 6 heteroatoms. The molecule has 0 heterocycles. The fourth-order valence-electron chi connectivity index (χ4n) is 2.67. The van der Waals surface area contributed by atoms with Crippen LogP contribution in [0.2, 0.25) is 0 Å². The molecule has 0 aliphatic rings. The van der Waals surface area contributed by atoms with E-state index in [1.165, 1.54) is 5.56 Å². The molecule has 0 unspecified atom stereocenters. The van der Waals surface area contributed by atoms with Crippen LogP contribution in [-0.2, 0) is 10.2 Å². The van der Waals surface area contributed by atoms with Gasteiger partial charge in [-0.25, -0.2) is 5.43 Å². The summed E-state index contributed by atoms with van der Waals surface area (Å²) in [6.07, 6.45) is 3.38. The molecule has 0 aliphatic carbocycles. The van der Waals surface area contributed by atoms with Crippen LogP contribution in [-0.4, -0.2) is 31.9 Å². The third-order valence-electron chi connectivity index (χ3n) is 4.40. The Kier molecular flexibility index (Phi) is 9.38. The van der Waals surface area contributed by atoms with Gasteiger partial charge in [0.05, 0.1) is 19.4 Å². The highest BCUT2D eigenvalue weighted by atomic mass is 16.5. The predicted molar refractivity (Wildman–Crippen MR) is 124 cm³/mol. The first-order valence-corrected chi connectivity index (χ1v) is 10.8. The Bertz CT molecular complexity index is 855. The highest BCUT2D eigenvalue weighted by molar-refractivity contribution is 5.85. The van der Waals surface area contributed by atoms with Crippen LogP contribution in [0, 0.1) is 0 Å². The minimum atomic E-state index is -0.338. The van der Waals surface area contributed by atoms with Gasteiger partial charge in [0.25, 0.3) is 5.91 Å². The number of hydrazone groups is 1. The molecule has 2 aromatic rings. The zero-order chi connectivity index (χ0) is 22.7. The maximum absolute atomic E-state index is 12.1. The Morgan fingerprint density at radius 3 is 2.23 bits per heavy atom. The summed E-state index contributed by atoms with van der Waals surface area (Å²) in [7, 11) is 0. The number of nitrogens with one attached hydrogen (secondary N) is 1. The lowest BCUT2D eigenvalue weighted by atomic mass is 9.87. The second kappa shape index (κ2) is 12.0. The lowest BCUT2D eigenvalue weighted by Crippen LogP contribution is -2.24. The Morgan fingerprint density at radius 2 is 1.58 bits per heavy atom. The van der Waals surface area contributed by atoms with E-state index in [2.05, 4.69) is 38.2 Å². The van der Waals surface area contributed by atoms with Crippen LogP contribution in [0.15, 0.2) is 47.6 Å². The highest BCUT2D eigenvalue weighted by Crippen LogP contribution is 2.25. The molecule has 6 nitrogen and oxygen atoms in total. The smallest absolute Gasteiger partial charge is 0.277 e. The topological polar surface area (TPSA) is 69.2 Å². The van der Waals surface area contributed by atoms with Crippen LogP contribution in [0.25, 0.3) is 0 Å². The second-order valence-corrected chi connectivity index (χ2v) is 8.25. The average Bonchev–Trinajstić information content (AvgIpc) is 2.75. The summed E-state index contributed by atoms with van der Waals surface area (Å²) in [4.78, 5) is 12.1. The molecule has 0 spiro atoms. The number of carbonyl (C=O) groups excluding carboxylic acids is 1. The highest BCUT2D eigenvalue weighted by Gasteiger charge is 2.13. The van der Waals surface area contributed by atoms with Gasteiger partial charge in [0.1, 0.15) is 17.2 Å². The third kappa shape index (κ3) is 8.32. The summed E-state index contributed by atoms with van der Waals surface area (Å²) in [6, 6.07) is 13.3. The monoisotopic (exact) mass is 426 g/mol. The van der Waals surface area contributed by atoms with Gasteiger partial charge in [0.2, 0.25) is 0 Å². The standard InChI is InChI=1S/C25H34N2O4/c1-6-14-29-22-11-8-19(23(16-22)30-15-7-2)17-26-27-24(28)18-31-21-12-9-20(10-13-21)25(3,4)5/h8-13,16-17H,6-7,14-15,18H2,1-5H3,(H,27,28)/b26-17-. The van der Waals surface area contributed by atoms with Crippen LogP contribution in [0.1, 0.15) is 58.6 Å². The number of rotatable bonds is 11. The molecule has 0 aliphatic heterocycles. The van der Waals surface area contributed by atoms with Crippen molar-refractivity contribution in [1.29, 1.82) is 0 Å². The molecule has 0 bridgehead atoms. The van der Waals surface area contributed by atoms with Crippen molar-refractivity contribution in [3.05, 3.63) is 53.6 Å². The lowest BCUT2D eigenvalue weighted by Gasteiger charge is -2.19. The summed E-state index contributed by atoms with van der Waals surface area (Å²) < 4.78 is 17.0. The van der Waals surface area contributed by atoms with Crippen molar-refractivity contribution in [3.8, 4) is 17.2 Å². The molecular weight excluding hydrogens is 392 g/mol.